The first kappa shape index (κ1) is 20.0. The van der Waals surface area contributed by atoms with E-state index in [-0.39, 0.29) is 12.6 Å². The smallest absolute Gasteiger partial charge is 0.381 e. The van der Waals surface area contributed by atoms with Gasteiger partial charge in [0.1, 0.15) is 6.04 Å². The molecular formula is C18H33F3N2O. The molecule has 0 N–H and O–H groups in total. The summed E-state index contributed by atoms with van der Waals surface area (Å²) >= 11 is 0. The van der Waals surface area contributed by atoms with Crippen molar-refractivity contribution in [3.05, 3.63) is 0 Å². The van der Waals surface area contributed by atoms with E-state index in [1.807, 2.05) is 18.7 Å². The van der Waals surface area contributed by atoms with Crippen molar-refractivity contribution in [2.75, 3.05) is 33.3 Å². The molecule has 1 aliphatic heterocycles. The second kappa shape index (κ2) is 8.86. The summed E-state index contributed by atoms with van der Waals surface area (Å²) < 4.78 is 45.4. The first-order chi connectivity index (χ1) is 11.3. The highest BCUT2D eigenvalue weighted by molar-refractivity contribution is 4.89. The quantitative estimate of drug-likeness (QED) is 0.722. The van der Waals surface area contributed by atoms with Gasteiger partial charge in [0.15, 0.2) is 0 Å². The van der Waals surface area contributed by atoms with Gasteiger partial charge >= 0.3 is 6.18 Å². The van der Waals surface area contributed by atoms with Crippen molar-refractivity contribution in [2.24, 2.45) is 5.92 Å². The van der Waals surface area contributed by atoms with Crippen LogP contribution in [0, 0.1) is 5.92 Å². The van der Waals surface area contributed by atoms with Crippen LogP contribution in [-0.4, -0.2) is 67.5 Å². The fraction of sp³-hybridized carbons (Fsp3) is 1.00. The Bertz CT molecular complexity index is 368. The molecule has 24 heavy (non-hydrogen) atoms. The van der Waals surface area contributed by atoms with Gasteiger partial charge in [0.05, 0.1) is 6.10 Å². The SMILES string of the molecule is COC1CCC(CCCN2CCN(C(C)C)C(C(F)(F)F)C2)CC1. The maximum atomic E-state index is 13.3. The van der Waals surface area contributed by atoms with Gasteiger partial charge in [0, 0.05) is 32.8 Å². The van der Waals surface area contributed by atoms with Crippen LogP contribution in [-0.2, 0) is 4.74 Å². The van der Waals surface area contributed by atoms with E-state index in [4.69, 9.17) is 4.74 Å². The second-order valence-corrected chi connectivity index (χ2v) is 7.71. The molecule has 1 heterocycles. The maximum Gasteiger partial charge on any atom is 0.405 e. The number of rotatable bonds is 6. The summed E-state index contributed by atoms with van der Waals surface area (Å²) in [5, 5.41) is 0. The average Bonchev–Trinajstić information content (AvgIpc) is 2.54. The van der Waals surface area contributed by atoms with Gasteiger partial charge in [-0.3, -0.25) is 4.90 Å². The third-order valence-corrected chi connectivity index (χ3v) is 5.76. The van der Waals surface area contributed by atoms with E-state index in [0.717, 1.165) is 44.7 Å². The first-order valence-corrected chi connectivity index (χ1v) is 9.39. The lowest BCUT2D eigenvalue weighted by molar-refractivity contribution is -0.202. The minimum atomic E-state index is -4.14. The Morgan fingerprint density at radius 1 is 1.08 bits per heavy atom. The molecule has 0 radical (unpaired) electrons. The molecule has 2 fully saturated rings. The highest BCUT2D eigenvalue weighted by Crippen LogP contribution is 2.31. The molecule has 142 valence electrons. The molecule has 0 aromatic heterocycles. The zero-order chi connectivity index (χ0) is 17.7. The van der Waals surface area contributed by atoms with Crippen molar-refractivity contribution in [2.45, 2.75) is 76.7 Å². The second-order valence-electron chi connectivity index (χ2n) is 7.71. The Morgan fingerprint density at radius 2 is 1.75 bits per heavy atom. The van der Waals surface area contributed by atoms with E-state index < -0.39 is 12.2 Å². The molecule has 2 rings (SSSR count). The molecular weight excluding hydrogens is 317 g/mol. The summed E-state index contributed by atoms with van der Waals surface area (Å²) in [6, 6.07) is -1.38. The van der Waals surface area contributed by atoms with Crippen molar-refractivity contribution in [1.82, 2.24) is 9.80 Å². The number of ether oxygens (including phenoxy) is 1. The lowest BCUT2D eigenvalue weighted by Crippen LogP contribution is -2.60. The number of methoxy groups -OCH3 is 1. The zero-order valence-corrected chi connectivity index (χ0v) is 15.3. The molecule has 6 heteroatoms. The first-order valence-electron chi connectivity index (χ1n) is 9.39. The summed E-state index contributed by atoms with van der Waals surface area (Å²) in [6.45, 7) is 5.89. The van der Waals surface area contributed by atoms with E-state index >= 15 is 0 Å². The van der Waals surface area contributed by atoms with E-state index in [9.17, 15) is 13.2 Å². The number of hydrogen-bond donors (Lipinski definition) is 0. The van der Waals surface area contributed by atoms with Crippen LogP contribution >= 0.6 is 0 Å². The van der Waals surface area contributed by atoms with Crippen LogP contribution in [0.1, 0.15) is 52.4 Å². The summed E-state index contributed by atoms with van der Waals surface area (Å²) in [5.41, 5.74) is 0. The van der Waals surface area contributed by atoms with Crippen molar-refractivity contribution < 1.29 is 17.9 Å². The molecule has 0 spiro atoms. The van der Waals surface area contributed by atoms with E-state index in [0.29, 0.717) is 12.6 Å². The van der Waals surface area contributed by atoms with Crippen LogP contribution in [0.25, 0.3) is 0 Å². The highest BCUT2D eigenvalue weighted by atomic mass is 19.4. The van der Waals surface area contributed by atoms with E-state index in [1.54, 1.807) is 12.0 Å². The van der Waals surface area contributed by atoms with Crippen LogP contribution in [0.15, 0.2) is 0 Å². The predicted molar refractivity (Wildman–Crippen MR) is 90.1 cm³/mol. The van der Waals surface area contributed by atoms with Crippen molar-refractivity contribution in [3.63, 3.8) is 0 Å². The topological polar surface area (TPSA) is 15.7 Å². The van der Waals surface area contributed by atoms with Crippen LogP contribution in [0.2, 0.25) is 0 Å². The van der Waals surface area contributed by atoms with E-state index in [2.05, 4.69) is 0 Å². The normalized spacial score (nSPS) is 30.9. The van der Waals surface area contributed by atoms with Gasteiger partial charge in [0.25, 0.3) is 0 Å². The van der Waals surface area contributed by atoms with Crippen LogP contribution in [0.3, 0.4) is 0 Å². The molecule has 0 bridgehead atoms. The fourth-order valence-electron chi connectivity index (χ4n) is 4.23. The molecule has 1 unspecified atom stereocenters. The monoisotopic (exact) mass is 350 g/mol. The van der Waals surface area contributed by atoms with E-state index in [1.165, 1.54) is 12.8 Å². The summed E-state index contributed by atoms with van der Waals surface area (Å²) in [5.74, 6) is 0.728. The molecule has 0 aromatic carbocycles. The average molecular weight is 350 g/mol. The minimum absolute atomic E-state index is 0.0604. The number of piperazine rings is 1. The number of nitrogens with zero attached hydrogens (tertiary/aromatic N) is 2. The predicted octanol–water partition coefficient (Wildman–Crippen LogP) is 3.93. The molecule has 0 amide bonds. The van der Waals surface area contributed by atoms with Crippen molar-refractivity contribution in [1.29, 1.82) is 0 Å². The minimum Gasteiger partial charge on any atom is -0.381 e. The molecule has 1 aliphatic carbocycles. The Labute approximate surface area is 144 Å². The van der Waals surface area contributed by atoms with Crippen LogP contribution in [0.4, 0.5) is 13.2 Å². The van der Waals surface area contributed by atoms with Gasteiger partial charge in [-0.15, -0.1) is 0 Å². The summed E-state index contributed by atoms with van der Waals surface area (Å²) in [4.78, 5) is 3.61. The number of halogens is 3. The summed E-state index contributed by atoms with van der Waals surface area (Å²) in [7, 11) is 1.78. The standard InChI is InChI=1S/C18H33F3N2O/c1-14(2)23-12-11-22(13-17(23)18(19,20)21)10-4-5-15-6-8-16(24-3)9-7-15/h14-17H,4-13H2,1-3H3. The molecule has 2 aliphatic rings. The van der Waals surface area contributed by atoms with Gasteiger partial charge in [-0.2, -0.15) is 13.2 Å². The van der Waals surface area contributed by atoms with Crippen LogP contribution < -0.4 is 0 Å². The lowest BCUT2D eigenvalue weighted by Gasteiger charge is -2.44. The molecule has 0 aromatic rings. The van der Waals surface area contributed by atoms with Gasteiger partial charge in [-0.05, 0) is 64.8 Å². The van der Waals surface area contributed by atoms with Gasteiger partial charge in [0.2, 0.25) is 0 Å². The summed E-state index contributed by atoms with van der Waals surface area (Å²) in [6.07, 6.45) is 3.08. The molecule has 1 atom stereocenters. The molecule has 1 saturated carbocycles. The molecule has 1 saturated heterocycles. The highest BCUT2D eigenvalue weighted by Gasteiger charge is 2.46. The number of hydrogen-bond acceptors (Lipinski definition) is 3. The number of alkyl halides is 3. The van der Waals surface area contributed by atoms with Gasteiger partial charge < -0.3 is 9.64 Å². The third kappa shape index (κ3) is 5.60. The van der Waals surface area contributed by atoms with Crippen LogP contribution in [0.5, 0.6) is 0 Å². The Hall–Kier alpha value is -0.330. The Balaban J connectivity index is 1.74. The zero-order valence-electron chi connectivity index (χ0n) is 15.3. The third-order valence-electron chi connectivity index (χ3n) is 5.76. The Kier molecular flexibility index (Phi) is 7.38. The fourth-order valence-corrected chi connectivity index (χ4v) is 4.23. The largest absolute Gasteiger partial charge is 0.405 e. The van der Waals surface area contributed by atoms with Crippen molar-refractivity contribution >= 4 is 0 Å². The maximum absolute atomic E-state index is 13.3. The Morgan fingerprint density at radius 3 is 2.29 bits per heavy atom. The van der Waals surface area contributed by atoms with Crippen molar-refractivity contribution in [3.8, 4) is 0 Å². The lowest BCUT2D eigenvalue weighted by atomic mass is 9.84. The van der Waals surface area contributed by atoms with Gasteiger partial charge in [-0.1, -0.05) is 0 Å². The van der Waals surface area contributed by atoms with Gasteiger partial charge in [-0.25, -0.2) is 0 Å². The molecule has 3 nitrogen and oxygen atoms in total.